The Kier molecular flexibility index (Phi) is 5.73. The molecule has 1 aromatic carbocycles. The highest BCUT2D eigenvalue weighted by Gasteiger charge is 2.16. The fourth-order valence-electron chi connectivity index (χ4n) is 4.12. The van der Waals surface area contributed by atoms with E-state index >= 15 is 0 Å². The number of hydrogen-bond acceptors (Lipinski definition) is 4. The third-order valence-electron chi connectivity index (χ3n) is 5.82. The summed E-state index contributed by atoms with van der Waals surface area (Å²) in [4.78, 5) is 19.8. The minimum atomic E-state index is -0.252. The first kappa shape index (κ1) is 21.1. The van der Waals surface area contributed by atoms with E-state index in [4.69, 9.17) is 4.74 Å². The molecule has 0 atom stereocenters. The zero-order chi connectivity index (χ0) is 22.2. The molecule has 0 unspecified atom stereocenters. The summed E-state index contributed by atoms with van der Waals surface area (Å²) >= 11 is 1.96. The molecular weight excluding hydrogens is 522 g/mol. The Labute approximate surface area is 198 Å². The van der Waals surface area contributed by atoms with Crippen LogP contribution in [-0.4, -0.2) is 40.4 Å². The van der Waals surface area contributed by atoms with Gasteiger partial charge in [-0.05, 0) is 58.0 Å². The smallest absolute Gasteiger partial charge is 0.251 e. The first-order valence-electron chi connectivity index (χ1n) is 10.4. The zero-order valence-corrected chi connectivity index (χ0v) is 19.8. The van der Waals surface area contributed by atoms with Gasteiger partial charge in [0.25, 0.3) is 5.56 Å². The summed E-state index contributed by atoms with van der Waals surface area (Å²) < 4.78 is 23.2. The molecule has 1 aliphatic heterocycles. The van der Waals surface area contributed by atoms with E-state index in [0.29, 0.717) is 23.3 Å². The number of rotatable bonds is 4. The van der Waals surface area contributed by atoms with E-state index in [9.17, 15) is 9.18 Å². The van der Waals surface area contributed by atoms with Crippen LogP contribution in [0.1, 0.15) is 5.56 Å². The summed E-state index contributed by atoms with van der Waals surface area (Å²) in [6.07, 6.45) is 5.72. The number of fused-ring (bicyclic) bond motifs is 1. The van der Waals surface area contributed by atoms with Gasteiger partial charge in [-0.2, -0.15) is 0 Å². The SMILES string of the molecule is Cn1cc(-c2ccn(Cc3ccc(F)c(I)c3)c(=O)c2)c2cc(N3CCOCC3)cnc21. The van der Waals surface area contributed by atoms with Crippen LogP contribution in [0.5, 0.6) is 0 Å². The van der Waals surface area contributed by atoms with Gasteiger partial charge in [0.1, 0.15) is 11.5 Å². The molecule has 3 aromatic heterocycles. The third kappa shape index (κ3) is 4.04. The molecule has 0 aliphatic carbocycles. The molecule has 6 nitrogen and oxygen atoms in total. The van der Waals surface area contributed by atoms with Crippen molar-refractivity contribution in [2.24, 2.45) is 7.05 Å². The Morgan fingerprint density at radius 2 is 1.97 bits per heavy atom. The lowest BCUT2D eigenvalue weighted by Crippen LogP contribution is -2.36. The molecule has 32 heavy (non-hydrogen) atoms. The number of anilines is 1. The lowest BCUT2D eigenvalue weighted by atomic mass is 10.1. The van der Waals surface area contributed by atoms with Crippen molar-refractivity contribution in [1.29, 1.82) is 0 Å². The number of morpholine rings is 1. The van der Waals surface area contributed by atoms with E-state index in [1.165, 1.54) is 6.07 Å². The Morgan fingerprint density at radius 1 is 1.16 bits per heavy atom. The van der Waals surface area contributed by atoms with Crippen LogP contribution in [0.25, 0.3) is 22.2 Å². The largest absolute Gasteiger partial charge is 0.378 e. The van der Waals surface area contributed by atoms with Crippen LogP contribution < -0.4 is 10.5 Å². The van der Waals surface area contributed by atoms with E-state index in [1.807, 2.05) is 52.7 Å². The molecule has 0 radical (unpaired) electrons. The van der Waals surface area contributed by atoms with Crippen molar-refractivity contribution in [2.75, 3.05) is 31.2 Å². The molecule has 0 bridgehead atoms. The van der Waals surface area contributed by atoms with Gasteiger partial charge in [0.05, 0.1) is 31.6 Å². The summed E-state index contributed by atoms with van der Waals surface area (Å²) in [6, 6.07) is 10.7. The van der Waals surface area contributed by atoms with Gasteiger partial charge in [0.15, 0.2) is 0 Å². The van der Waals surface area contributed by atoms with Gasteiger partial charge in [-0.3, -0.25) is 4.79 Å². The number of aryl methyl sites for hydroxylation is 1. The number of hydrogen-bond donors (Lipinski definition) is 0. The molecule has 0 N–H and O–H groups in total. The number of aromatic nitrogens is 3. The van der Waals surface area contributed by atoms with E-state index in [2.05, 4.69) is 16.0 Å². The van der Waals surface area contributed by atoms with Gasteiger partial charge < -0.3 is 18.8 Å². The highest BCUT2D eigenvalue weighted by Crippen LogP contribution is 2.31. The third-order valence-corrected chi connectivity index (χ3v) is 6.65. The van der Waals surface area contributed by atoms with Gasteiger partial charge in [-0.15, -0.1) is 0 Å². The number of ether oxygens (including phenoxy) is 1. The highest BCUT2D eigenvalue weighted by atomic mass is 127. The van der Waals surface area contributed by atoms with E-state index < -0.39 is 0 Å². The monoisotopic (exact) mass is 544 g/mol. The summed E-state index contributed by atoms with van der Waals surface area (Å²) in [5, 5.41) is 1.02. The van der Waals surface area contributed by atoms with Crippen molar-refractivity contribution < 1.29 is 9.13 Å². The van der Waals surface area contributed by atoms with E-state index in [1.54, 1.807) is 29.0 Å². The molecule has 0 saturated carbocycles. The van der Waals surface area contributed by atoms with Crippen molar-refractivity contribution >= 4 is 39.3 Å². The average molecular weight is 544 g/mol. The molecule has 1 aliphatic rings. The molecule has 0 amide bonds. The van der Waals surface area contributed by atoms with Crippen molar-refractivity contribution in [3.63, 3.8) is 0 Å². The van der Waals surface area contributed by atoms with Crippen molar-refractivity contribution in [3.05, 3.63) is 80.3 Å². The second-order valence-corrected chi connectivity index (χ2v) is 9.11. The Bertz CT molecular complexity index is 1360. The minimum absolute atomic E-state index is 0.101. The van der Waals surface area contributed by atoms with Crippen LogP contribution in [0.4, 0.5) is 10.1 Å². The fourth-order valence-corrected chi connectivity index (χ4v) is 4.70. The first-order valence-corrected chi connectivity index (χ1v) is 11.5. The predicted octanol–water partition coefficient (Wildman–Crippen LogP) is 4.03. The molecule has 4 heterocycles. The molecule has 1 saturated heterocycles. The van der Waals surface area contributed by atoms with Gasteiger partial charge in [-0.1, -0.05) is 6.07 Å². The molecular formula is C24H22FIN4O2. The van der Waals surface area contributed by atoms with Crippen molar-refractivity contribution in [2.45, 2.75) is 6.54 Å². The van der Waals surface area contributed by atoms with E-state index in [0.717, 1.165) is 46.5 Å². The molecule has 4 aromatic rings. The second-order valence-electron chi connectivity index (χ2n) is 7.95. The quantitative estimate of drug-likeness (QED) is 0.365. The van der Waals surface area contributed by atoms with E-state index in [-0.39, 0.29) is 11.4 Å². The average Bonchev–Trinajstić information content (AvgIpc) is 3.14. The minimum Gasteiger partial charge on any atom is -0.378 e. The Hall–Kier alpha value is -2.72. The molecule has 8 heteroatoms. The van der Waals surface area contributed by atoms with Crippen LogP contribution in [-0.2, 0) is 18.3 Å². The van der Waals surface area contributed by atoms with Gasteiger partial charge in [0, 0.05) is 53.1 Å². The van der Waals surface area contributed by atoms with Crippen LogP contribution in [0, 0.1) is 9.39 Å². The predicted molar refractivity (Wildman–Crippen MR) is 132 cm³/mol. The second kappa shape index (κ2) is 8.67. The van der Waals surface area contributed by atoms with Crippen LogP contribution >= 0.6 is 22.6 Å². The van der Waals surface area contributed by atoms with Gasteiger partial charge in [-0.25, -0.2) is 9.37 Å². The van der Waals surface area contributed by atoms with Gasteiger partial charge in [0.2, 0.25) is 0 Å². The standard InChI is InChI=1S/C24H22FIN4O2/c1-28-15-20(19-12-18(13-27-24(19)28)29-6-8-32-9-7-29)17-4-5-30(23(31)11-17)14-16-2-3-21(25)22(26)10-16/h2-5,10-13,15H,6-9,14H2,1H3. The van der Waals surface area contributed by atoms with Gasteiger partial charge >= 0.3 is 0 Å². The fraction of sp³-hybridized carbons (Fsp3) is 0.250. The molecule has 0 spiro atoms. The maximum absolute atomic E-state index is 13.5. The normalized spacial score (nSPS) is 14.3. The lowest BCUT2D eigenvalue weighted by molar-refractivity contribution is 0.122. The zero-order valence-electron chi connectivity index (χ0n) is 17.6. The number of pyridine rings is 2. The van der Waals surface area contributed by atoms with Crippen molar-refractivity contribution in [3.8, 4) is 11.1 Å². The molecule has 1 fully saturated rings. The first-order chi connectivity index (χ1) is 15.5. The maximum Gasteiger partial charge on any atom is 0.251 e. The Balaban J connectivity index is 1.49. The number of benzene rings is 1. The summed E-state index contributed by atoms with van der Waals surface area (Å²) in [5.74, 6) is -0.252. The van der Waals surface area contributed by atoms with Crippen LogP contribution in [0.15, 0.2) is 59.8 Å². The molecule has 164 valence electrons. The topological polar surface area (TPSA) is 52.3 Å². The van der Waals surface area contributed by atoms with Crippen LogP contribution in [0.3, 0.4) is 0 Å². The summed E-state index contributed by atoms with van der Waals surface area (Å²) in [7, 11) is 1.96. The highest BCUT2D eigenvalue weighted by molar-refractivity contribution is 14.1. The lowest BCUT2D eigenvalue weighted by Gasteiger charge is -2.28. The summed E-state index contributed by atoms with van der Waals surface area (Å²) in [6.45, 7) is 3.51. The van der Waals surface area contributed by atoms with Crippen molar-refractivity contribution in [1.82, 2.24) is 14.1 Å². The Morgan fingerprint density at radius 3 is 2.72 bits per heavy atom. The maximum atomic E-state index is 13.5. The summed E-state index contributed by atoms with van der Waals surface area (Å²) in [5.41, 5.74) is 4.55. The number of halogens is 2. The van der Waals surface area contributed by atoms with Crippen LogP contribution in [0.2, 0.25) is 0 Å². The molecule has 5 rings (SSSR count). The number of nitrogens with zero attached hydrogens (tertiary/aromatic N) is 4.